The highest BCUT2D eigenvalue weighted by Gasteiger charge is 2.29. The maximum absolute atomic E-state index is 14.9. The number of aromatic amines is 1. The van der Waals surface area contributed by atoms with Crippen LogP contribution in [0.3, 0.4) is 0 Å². The number of aryl methyl sites for hydroxylation is 1. The van der Waals surface area contributed by atoms with E-state index in [0.29, 0.717) is 48.6 Å². The summed E-state index contributed by atoms with van der Waals surface area (Å²) in [6, 6.07) is 13.3. The fourth-order valence-corrected chi connectivity index (χ4v) is 5.45. The highest BCUT2D eigenvalue weighted by Crippen LogP contribution is 2.27. The molecule has 0 aliphatic carbocycles. The van der Waals surface area contributed by atoms with E-state index < -0.39 is 23.6 Å². The van der Waals surface area contributed by atoms with Gasteiger partial charge in [-0.1, -0.05) is 23.8 Å². The highest BCUT2D eigenvalue weighted by atomic mass is 19.1. The summed E-state index contributed by atoms with van der Waals surface area (Å²) in [6.07, 6.45) is 4.95. The number of likely N-dealkylation sites (tertiary alicyclic amines) is 1. The van der Waals surface area contributed by atoms with Gasteiger partial charge < -0.3 is 20.1 Å². The van der Waals surface area contributed by atoms with Crippen molar-refractivity contribution in [3.8, 4) is 22.9 Å². The van der Waals surface area contributed by atoms with Crippen LogP contribution in [0.25, 0.3) is 11.4 Å². The number of benzene rings is 2. The number of nitrogens with one attached hydrogen (secondary N) is 2. The molecule has 4 aromatic rings. The van der Waals surface area contributed by atoms with Crippen LogP contribution in [0.5, 0.6) is 11.5 Å². The molecule has 1 atom stereocenters. The van der Waals surface area contributed by atoms with E-state index in [1.807, 2.05) is 11.8 Å². The van der Waals surface area contributed by atoms with Crippen LogP contribution in [-0.2, 0) is 22.4 Å². The second-order valence-electron chi connectivity index (χ2n) is 11.2. The lowest BCUT2D eigenvalue weighted by Crippen LogP contribution is -2.37. The monoisotopic (exact) mass is 616 g/mol. The molecule has 9 nitrogen and oxygen atoms in total. The van der Waals surface area contributed by atoms with E-state index in [0.717, 1.165) is 18.5 Å². The summed E-state index contributed by atoms with van der Waals surface area (Å²) in [4.78, 5) is 45.8. The fraction of sp³-hybridized carbons (Fsp3) is 0.294. The van der Waals surface area contributed by atoms with Crippen LogP contribution in [0.2, 0.25) is 0 Å². The number of hydrogen-bond donors (Lipinski definition) is 3. The van der Waals surface area contributed by atoms with E-state index in [4.69, 9.17) is 4.74 Å². The largest absolute Gasteiger partial charge is 0.480 e. The molecule has 0 spiro atoms. The van der Waals surface area contributed by atoms with Crippen LogP contribution in [0, 0.1) is 18.6 Å². The normalized spacial score (nSPS) is 14.8. The van der Waals surface area contributed by atoms with Crippen molar-refractivity contribution in [3.63, 3.8) is 0 Å². The van der Waals surface area contributed by atoms with Crippen LogP contribution in [-0.4, -0.2) is 63.3 Å². The lowest BCUT2D eigenvalue weighted by Gasteiger charge is -2.20. The van der Waals surface area contributed by atoms with Gasteiger partial charge in [0.1, 0.15) is 35.0 Å². The average Bonchev–Trinajstić information content (AvgIpc) is 3.69. The van der Waals surface area contributed by atoms with Gasteiger partial charge in [-0.3, -0.25) is 24.3 Å². The van der Waals surface area contributed by atoms with Gasteiger partial charge in [0.2, 0.25) is 0 Å². The Morgan fingerprint density at radius 1 is 1.02 bits per heavy atom. The van der Waals surface area contributed by atoms with Crippen molar-refractivity contribution >= 4 is 17.7 Å². The summed E-state index contributed by atoms with van der Waals surface area (Å²) in [7, 11) is 0. The lowest BCUT2D eigenvalue weighted by atomic mass is 10.0. The van der Waals surface area contributed by atoms with Gasteiger partial charge >= 0.3 is 5.97 Å². The number of carbonyl (C=O) groups is 3. The fourth-order valence-electron chi connectivity index (χ4n) is 5.45. The number of aliphatic carboxylic acids is 1. The smallest absolute Gasteiger partial charge is 0.320 e. The number of pyridine rings is 1. The SMILES string of the molecule is Cc1ccc(F)c(CC(=O)Cc2ccc(Oc3ccnc(-c4cc(C(=O)NCCCN5CCCC5C(=O)O)c[nH]4)c3)cc2F)c1. The molecule has 2 aromatic heterocycles. The Hall–Kier alpha value is -4.90. The summed E-state index contributed by atoms with van der Waals surface area (Å²) in [5, 5.41) is 12.2. The first-order chi connectivity index (χ1) is 21.7. The third kappa shape index (κ3) is 8.18. The summed E-state index contributed by atoms with van der Waals surface area (Å²) < 4.78 is 34.7. The molecular formula is C34H34F2N4O5. The van der Waals surface area contributed by atoms with Gasteiger partial charge in [0.15, 0.2) is 0 Å². The van der Waals surface area contributed by atoms with Crippen molar-refractivity contribution in [2.75, 3.05) is 19.6 Å². The molecule has 5 rings (SSSR count). The van der Waals surface area contributed by atoms with Gasteiger partial charge in [-0.05, 0) is 68.1 Å². The zero-order valence-electron chi connectivity index (χ0n) is 24.8. The maximum Gasteiger partial charge on any atom is 0.320 e. The van der Waals surface area contributed by atoms with E-state index in [1.54, 1.807) is 42.6 Å². The van der Waals surface area contributed by atoms with Crippen LogP contribution in [0.15, 0.2) is 67.0 Å². The second kappa shape index (κ2) is 14.3. The molecule has 0 bridgehead atoms. The number of amides is 1. The first-order valence-corrected chi connectivity index (χ1v) is 14.8. The molecule has 0 saturated carbocycles. The number of H-pyrrole nitrogens is 1. The first kappa shape index (κ1) is 31.5. The molecular weight excluding hydrogens is 582 g/mol. The molecule has 45 heavy (non-hydrogen) atoms. The highest BCUT2D eigenvalue weighted by molar-refractivity contribution is 5.95. The zero-order chi connectivity index (χ0) is 31.9. The number of aromatic nitrogens is 2. The van der Waals surface area contributed by atoms with Gasteiger partial charge in [0.25, 0.3) is 5.91 Å². The number of ether oxygens (including phenoxy) is 1. The third-order valence-electron chi connectivity index (χ3n) is 7.75. The molecule has 1 saturated heterocycles. The molecule has 1 amide bonds. The van der Waals surface area contributed by atoms with Crippen molar-refractivity contribution in [3.05, 3.63) is 101 Å². The minimum absolute atomic E-state index is 0.124. The summed E-state index contributed by atoms with van der Waals surface area (Å²) in [5.74, 6) is -1.83. The number of carbonyl (C=O) groups excluding carboxylic acids is 2. The molecule has 3 heterocycles. The van der Waals surface area contributed by atoms with E-state index >= 15 is 0 Å². The molecule has 3 N–H and O–H groups in total. The topological polar surface area (TPSA) is 125 Å². The molecule has 1 aliphatic heterocycles. The van der Waals surface area contributed by atoms with Crippen molar-refractivity contribution < 1.29 is 33.0 Å². The molecule has 0 radical (unpaired) electrons. The van der Waals surface area contributed by atoms with Crippen molar-refractivity contribution in [2.24, 2.45) is 0 Å². The van der Waals surface area contributed by atoms with Crippen LogP contribution < -0.4 is 10.1 Å². The zero-order valence-corrected chi connectivity index (χ0v) is 24.8. The van der Waals surface area contributed by atoms with E-state index in [9.17, 15) is 28.3 Å². The van der Waals surface area contributed by atoms with Crippen molar-refractivity contribution in [1.29, 1.82) is 0 Å². The predicted molar refractivity (Wildman–Crippen MR) is 163 cm³/mol. The van der Waals surface area contributed by atoms with Gasteiger partial charge in [-0.15, -0.1) is 0 Å². The molecule has 2 aromatic carbocycles. The quantitative estimate of drug-likeness (QED) is 0.170. The number of carboxylic acids is 1. The van der Waals surface area contributed by atoms with Crippen LogP contribution in [0.1, 0.15) is 46.3 Å². The Balaban J connectivity index is 1.14. The molecule has 234 valence electrons. The number of carboxylic acid groups (broad SMARTS) is 1. The van der Waals surface area contributed by atoms with E-state index in [-0.39, 0.29) is 41.4 Å². The first-order valence-electron chi connectivity index (χ1n) is 14.8. The Bertz CT molecular complexity index is 1710. The van der Waals surface area contributed by atoms with Crippen LogP contribution in [0.4, 0.5) is 8.78 Å². The minimum Gasteiger partial charge on any atom is -0.480 e. The number of Topliss-reactive ketones (excluding diaryl/α,β-unsaturated/α-hetero) is 1. The van der Waals surface area contributed by atoms with Gasteiger partial charge in [-0.2, -0.15) is 0 Å². The maximum atomic E-state index is 14.9. The van der Waals surface area contributed by atoms with Crippen molar-refractivity contribution in [2.45, 2.75) is 45.1 Å². The third-order valence-corrected chi connectivity index (χ3v) is 7.75. The van der Waals surface area contributed by atoms with Crippen LogP contribution >= 0.6 is 0 Å². The Morgan fingerprint density at radius 3 is 2.62 bits per heavy atom. The summed E-state index contributed by atoms with van der Waals surface area (Å²) in [6.45, 7) is 3.58. The van der Waals surface area contributed by atoms with E-state index in [2.05, 4.69) is 15.3 Å². The molecule has 11 heteroatoms. The molecule has 1 aliphatic rings. The minimum atomic E-state index is -0.804. The lowest BCUT2D eigenvalue weighted by molar-refractivity contribution is -0.142. The molecule has 1 unspecified atom stereocenters. The van der Waals surface area contributed by atoms with Gasteiger partial charge in [0.05, 0.1) is 17.0 Å². The Morgan fingerprint density at radius 2 is 1.82 bits per heavy atom. The van der Waals surface area contributed by atoms with E-state index in [1.165, 1.54) is 24.4 Å². The summed E-state index contributed by atoms with van der Waals surface area (Å²) >= 11 is 0. The number of ketones is 1. The Kier molecular flexibility index (Phi) is 9.99. The number of halogens is 2. The van der Waals surface area contributed by atoms with Gasteiger partial charge in [0, 0.05) is 50.5 Å². The number of hydrogen-bond acceptors (Lipinski definition) is 6. The standard InChI is InChI=1S/C34H34F2N4O5/c1-21-5-8-28(35)23(14-21)16-25(41)15-22-6-7-26(18-29(22)36)45-27-9-11-37-31(19-27)30-17-24(20-39-30)33(42)38-10-3-13-40-12-2-4-32(40)34(43)44/h5-9,11,14,17-20,32,39H,2-4,10,12-13,15-16H2,1H3,(H,38,42)(H,43,44). The number of nitrogens with zero attached hydrogens (tertiary/aromatic N) is 2. The Labute approximate surface area is 259 Å². The summed E-state index contributed by atoms with van der Waals surface area (Å²) in [5.41, 5.74) is 2.82. The van der Waals surface area contributed by atoms with Gasteiger partial charge in [-0.25, -0.2) is 8.78 Å². The average molecular weight is 617 g/mol. The molecule has 1 fully saturated rings. The van der Waals surface area contributed by atoms with Crippen molar-refractivity contribution in [1.82, 2.24) is 20.2 Å². The predicted octanol–water partition coefficient (Wildman–Crippen LogP) is 5.48. The number of rotatable bonds is 13. The second-order valence-corrected chi connectivity index (χ2v) is 11.2.